The molecule has 1 amide bonds. The Morgan fingerprint density at radius 3 is 2.57 bits per heavy atom. The van der Waals surface area contributed by atoms with Crippen molar-refractivity contribution < 1.29 is 9.72 Å². The maximum absolute atomic E-state index is 13.2. The molecule has 0 saturated heterocycles. The standard InChI is InChI=1S/C20H19N5O3/c1-14(18-4-2-3-12-21-18)24(16-7-8-16)20(26)19-11-13-23(22-19)15-5-9-17(10-6-15)25(27)28/h2-6,9-14,16H,7-8H2,1H3. The highest BCUT2D eigenvalue weighted by Gasteiger charge is 2.37. The van der Waals surface area contributed by atoms with Gasteiger partial charge < -0.3 is 4.90 Å². The Hall–Kier alpha value is -3.55. The highest BCUT2D eigenvalue weighted by atomic mass is 16.6. The minimum absolute atomic E-state index is 0.0105. The molecule has 3 aromatic rings. The number of rotatable bonds is 6. The molecule has 4 rings (SSSR count). The van der Waals surface area contributed by atoms with Gasteiger partial charge in [-0.2, -0.15) is 5.10 Å². The average Bonchev–Trinajstić information content (AvgIpc) is 3.42. The molecule has 8 heteroatoms. The van der Waals surface area contributed by atoms with Gasteiger partial charge in [-0.05, 0) is 50.1 Å². The minimum atomic E-state index is -0.450. The second kappa shape index (κ2) is 7.22. The molecule has 2 heterocycles. The smallest absolute Gasteiger partial charge is 0.275 e. The molecule has 1 aliphatic carbocycles. The lowest BCUT2D eigenvalue weighted by atomic mass is 10.1. The number of hydrogen-bond acceptors (Lipinski definition) is 5. The molecular formula is C20H19N5O3. The van der Waals surface area contributed by atoms with Crippen molar-refractivity contribution in [3.8, 4) is 5.69 Å². The zero-order chi connectivity index (χ0) is 19.7. The molecule has 0 aliphatic heterocycles. The second-order valence-electron chi connectivity index (χ2n) is 6.79. The molecule has 1 aromatic carbocycles. The zero-order valence-corrected chi connectivity index (χ0v) is 15.3. The molecule has 0 bridgehead atoms. The summed E-state index contributed by atoms with van der Waals surface area (Å²) in [6.07, 6.45) is 5.37. The summed E-state index contributed by atoms with van der Waals surface area (Å²) in [5.74, 6) is -0.138. The first-order valence-corrected chi connectivity index (χ1v) is 9.08. The van der Waals surface area contributed by atoms with Crippen molar-refractivity contribution >= 4 is 11.6 Å². The molecule has 0 spiro atoms. The molecule has 1 atom stereocenters. The summed E-state index contributed by atoms with van der Waals surface area (Å²) in [5, 5.41) is 15.2. The van der Waals surface area contributed by atoms with Crippen LogP contribution in [0.1, 0.15) is 42.0 Å². The number of benzene rings is 1. The molecule has 1 fully saturated rings. The van der Waals surface area contributed by atoms with Gasteiger partial charge >= 0.3 is 0 Å². The van der Waals surface area contributed by atoms with E-state index in [0.29, 0.717) is 11.4 Å². The topological polar surface area (TPSA) is 94.2 Å². The summed E-state index contributed by atoms with van der Waals surface area (Å²) in [5.41, 5.74) is 1.85. The molecule has 0 radical (unpaired) electrons. The highest BCUT2D eigenvalue weighted by molar-refractivity contribution is 5.93. The number of nitro groups is 1. The van der Waals surface area contributed by atoms with E-state index in [0.717, 1.165) is 18.5 Å². The molecule has 8 nitrogen and oxygen atoms in total. The lowest BCUT2D eigenvalue weighted by Gasteiger charge is -2.28. The zero-order valence-electron chi connectivity index (χ0n) is 15.3. The van der Waals surface area contributed by atoms with E-state index >= 15 is 0 Å². The van der Waals surface area contributed by atoms with Gasteiger partial charge in [0.15, 0.2) is 5.69 Å². The van der Waals surface area contributed by atoms with Crippen molar-refractivity contribution in [2.75, 3.05) is 0 Å². The predicted molar refractivity (Wildman–Crippen MR) is 102 cm³/mol. The van der Waals surface area contributed by atoms with Gasteiger partial charge in [-0.1, -0.05) is 6.07 Å². The van der Waals surface area contributed by atoms with Crippen LogP contribution in [-0.2, 0) is 0 Å². The van der Waals surface area contributed by atoms with Crippen LogP contribution in [0.5, 0.6) is 0 Å². The van der Waals surface area contributed by atoms with Gasteiger partial charge in [0.05, 0.1) is 22.3 Å². The highest BCUT2D eigenvalue weighted by Crippen LogP contribution is 2.34. The van der Waals surface area contributed by atoms with E-state index in [1.807, 2.05) is 30.0 Å². The first kappa shape index (κ1) is 17.8. The second-order valence-corrected chi connectivity index (χ2v) is 6.79. The minimum Gasteiger partial charge on any atom is -0.326 e. The van der Waals surface area contributed by atoms with Crippen molar-refractivity contribution in [3.05, 3.63) is 82.4 Å². The monoisotopic (exact) mass is 377 g/mol. The van der Waals surface area contributed by atoms with Gasteiger partial charge in [-0.15, -0.1) is 0 Å². The summed E-state index contributed by atoms with van der Waals surface area (Å²) in [7, 11) is 0. The van der Waals surface area contributed by atoms with Crippen molar-refractivity contribution in [1.29, 1.82) is 0 Å². The van der Waals surface area contributed by atoms with Crippen molar-refractivity contribution in [2.24, 2.45) is 0 Å². The van der Waals surface area contributed by atoms with Crippen LogP contribution in [0.15, 0.2) is 60.9 Å². The van der Waals surface area contributed by atoms with Gasteiger partial charge in [0, 0.05) is 30.6 Å². The molecule has 1 aliphatic rings. The van der Waals surface area contributed by atoms with E-state index in [9.17, 15) is 14.9 Å². The van der Waals surface area contributed by atoms with Crippen molar-refractivity contribution in [2.45, 2.75) is 31.8 Å². The number of aromatic nitrogens is 3. The largest absolute Gasteiger partial charge is 0.326 e. The Balaban J connectivity index is 1.58. The van der Waals surface area contributed by atoms with Crippen LogP contribution in [0.3, 0.4) is 0 Å². The van der Waals surface area contributed by atoms with Crippen LogP contribution in [0.25, 0.3) is 5.69 Å². The predicted octanol–water partition coefficient (Wildman–Crippen LogP) is 3.54. The summed E-state index contributed by atoms with van der Waals surface area (Å²) in [4.78, 5) is 29.7. The molecule has 1 unspecified atom stereocenters. The number of nitrogens with zero attached hydrogens (tertiary/aromatic N) is 5. The normalized spacial score (nSPS) is 14.5. The van der Waals surface area contributed by atoms with Crippen LogP contribution >= 0.6 is 0 Å². The summed E-state index contributed by atoms with van der Waals surface area (Å²) >= 11 is 0. The first-order chi connectivity index (χ1) is 13.5. The maximum atomic E-state index is 13.2. The Morgan fingerprint density at radius 1 is 1.21 bits per heavy atom. The molecule has 0 N–H and O–H groups in total. The molecule has 1 saturated carbocycles. The third kappa shape index (κ3) is 3.48. The molecule has 28 heavy (non-hydrogen) atoms. The number of carbonyl (C=O) groups is 1. The summed E-state index contributed by atoms with van der Waals surface area (Å²) in [6.45, 7) is 1.98. The fraction of sp³-hybridized carbons (Fsp3) is 0.250. The molecule has 2 aromatic heterocycles. The van der Waals surface area contributed by atoms with Crippen LogP contribution < -0.4 is 0 Å². The summed E-state index contributed by atoms with van der Waals surface area (Å²) in [6, 6.07) is 13.5. The molecular weight excluding hydrogens is 358 g/mol. The number of carbonyl (C=O) groups excluding carboxylic acids is 1. The first-order valence-electron chi connectivity index (χ1n) is 9.08. The van der Waals surface area contributed by atoms with E-state index in [1.165, 1.54) is 12.1 Å². The number of non-ortho nitro benzene ring substituents is 1. The Kier molecular flexibility index (Phi) is 4.60. The SMILES string of the molecule is CC(c1ccccn1)N(C(=O)c1ccn(-c2ccc([N+](=O)[O-])cc2)n1)C1CC1. The van der Waals surface area contributed by atoms with Gasteiger partial charge in [0.1, 0.15) is 0 Å². The van der Waals surface area contributed by atoms with Crippen molar-refractivity contribution in [1.82, 2.24) is 19.7 Å². The lowest BCUT2D eigenvalue weighted by Crippen LogP contribution is -2.36. The number of hydrogen-bond donors (Lipinski definition) is 0. The van der Waals surface area contributed by atoms with Gasteiger partial charge in [0.2, 0.25) is 0 Å². The summed E-state index contributed by atoms with van der Waals surface area (Å²) < 4.78 is 1.55. The van der Waals surface area contributed by atoms with Gasteiger partial charge in [-0.3, -0.25) is 19.9 Å². The van der Waals surface area contributed by atoms with Crippen LogP contribution in [0.2, 0.25) is 0 Å². The van der Waals surface area contributed by atoms with E-state index in [4.69, 9.17) is 0 Å². The van der Waals surface area contributed by atoms with Crippen LogP contribution in [0, 0.1) is 10.1 Å². The fourth-order valence-electron chi connectivity index (χ4n) is 3.22. The Morgan fingerprint density at radius 2 is 1.96 bits per heavy atom. The van der Waals surface area contributed by atoms with Crippen LogP contribution in [0.4, 0.5) is 5.69 Å². The third-order valence-electron chi connectivity index (χ3n) is 4.84. The van der Waals surface area contributed by atoms with Gasteiger partial charge in [-0.25, -0.2) is 4.68 Å². The lowest BCUT2D eigenvalue weighted by molar-refractivity contribution is -0.384. The van der Waals surface area contributed by atoms with E-state index in [-0.39, 0.29) is 23.7 Å². The Labute approximate surface area is 161 Å². The quantitative estimate of drug-likeness (QED) is 0.484. The van der Waals surface area contributed by atoms with Crippen molar-refractivity contribution in [3.63, 3.8) is 0 Å². The van der Waals surface area contributed by atoms with Gasteiger partial charge in [0.25, 0.3) is 11.6 Å². The van der Waals surface area contributed by atoms with E-state index < -0.39 is 4.92 Å². The third-order valence-corrected chi connectivity index (χ3v) is 4.84. The fourth-order valence-corrected chi connectivity index (χ4v) is 3.22. The number of nitro benzene ring substituents is 1. The molecule has 142 valence electrons. The average molecular weight is 377 g/mol. The number of amides is 1. The number of pyridine rings is 1. The van der Waals surface area contributed by atoms with Crippen LogP contribution in [-0.4, -0.2) is 36.5 Å². The maximum Gasteiger partial charge on any atom is 0.275 e. The van der Waals surface area contributed by atoms with E-state index in [1.54, 1.807) is 35.3 Å². The van der Waals surface area contributed by atoms with E-state index in [2.05, 4.69) is 10.1 Å². The Bertz CT molecular complexity index is 996.